The average molecular weight is 997 g/mol. The minimum absolute atomic E-state index is 0.0292. The number of guanidine groups is 1. The molecule has 2 rings (SSSR count). The fraction of sp³-hybridized carbons (Fsp3) is 0.587. The molecule has 0 spiro atoms. The van der Waals surface area contributed by atoms with Gasteiger partial charge in [-0.2, -0.15) is 0 Å². The Balaban J connectivity index is 2.35. The first-order valence-electron chi connectivity index (χ1n) is 23.8. The Labute approximate surface area is 414 Å². The van der Waals surface area contributed by atoms with Crippen molar-refractivity contribution in [3.63, 3.8) is 0 Å². The van der Waals surface area contributed by atoms with Crippen molar-refractivity contribution in [1.82, 2.24) is 47.2 Å². The predicted molar refractivity (Wildman–Crippen MR) is 264 cm³/mol. The van der Waals surface area contributed by atoms with Crippen LogP contribution in [0, 0.1) is 11.8 Å². The van der Waals surface area contributed by atoms with E-state index in [0.717, 1.165) is 5.56 Å². The number of benzene rings is 1. The van der Waals surface area contributed by atoms with Crippen LogP contribution >= 0.6 is 0 Å². The summed E-state index contributed by atoms with van der Waals surface area (Å²) < 4.78 is 0. The van der Waals surface area contributed by atoms with Crippen LogP contribution in [0.15, 0.2) is 47.8 Å². The number of aromatic amines is 1. The van der Waals surface area contributed by atoms with Gasteiger partial charge in [-0.15, -0.1) is 0 Å². The number of nitrogens with two attached hydrogens (primary N) is 6. The Morgan fingerprint density at radius 2 is 1.21 bits per heavy atom. The van der Waals surface area contributed by atoms with Gasteiger partial charge in [-0.25, -0.2) is 4.98 Å². The van der Waals surface area contributed by atoms with Gasteiger partial charge in [0.25, 0.3) is 0 Å². The lowest BCUT2D eigenvalue weighted by molar-refractivity contribution is -0.137. The Morgan fingerprint density at radius 1 is 0.648 bits per heavy atom. The molecule has 0 bridgehead atoms. The zero-order valence-corrected chi connectivity index (χ0v) is 41.3. The molecule has 20 N–H and O–H groups in total. The van der Waals surface area contributed by atoms with Crippen LogP contribution in [0.2, 0.25) is 0 Å². The van der Waals surface area contributed by atoms with Crippen molar-refractivity contribution in [2.24, 2.45) is 51.2 Å². The van der Waals surface area contributed by atoms with E-state index in [1.54, 1.807) is 58.0 Å². The van der Waals surface area contributed by atoms with Gasteiger partial charge in [0.05, 0.1) is 18.8 Å². The first kappa shape index (κ1) is 60.0. The molecular formula is C46H76N16O9. The highest BCUT2D eigenvalue weighted by molar-refractivity contribution is 5.99. The Hall–Kier alpha value is -7.15. The van der Waals surface area contributed by atoms with Gasteiger partial charge in [0.15, 0.2) is 5.96 Å². The van der Waals surface area contributed by atoms with Gasteiger partial charge in [-0.3, -0.25) is 48.1 Å². The topological polar surface area (TPSA) is 435 Å². The van der Waals surface area contributed by atoms with Crippen LogP contribution < -0.4 is 71.6 Å². The highest BCUT2D eigenvalue weighted by Crippen LogP contribution is 2.13. The third kappa shape index (κ3) is 22.4. The Morgan fingerprint density at radius 3 is 1.76 bits per heavy atom. The van der Waals surface area contributed by atoms with E-state index in [1.807, 2.05) is 0 Å². The van der Waals surface area contributed by atoms with Gasteiger partial charge in [0.1, 0.15) is 42.3 Å². The molecule has 71 heavy (non-hydrogen) atoms. The summed E-state index contributed by atoms with van der Waals surface area (Å²) in [5.41, 5.74) is 35.3. The van der Waals surface area contributed by atoms with Gasteiger partial charge < -0.3 is 76.6 Å². The van der Waals surface area contributed by atoms with Crippen molar-refractivity contribution in [3.05, 3.63) is 54.1 Å². The molecule has 0 aliphatic heterocycles. The number of hydrogen-bond acceptors (Lipinski definition) is 13. The molecular weight excluding hydrogens is 921 g/mol. The first-order valence-corrected chi connectivity index (χ1v) is 23.8. The summed E-state index contributed by atoms with van der Waals surface area (Å²) in [6, 6.07) is -1.21. The van der Waals surface area contributed by atoms with Crippen LogP contribution in [-0.4, -0.2) is 131 Å². The van der Waals surface area contributed by atoms with Crippen molar-refractivity contribution < 1.29 is 43.2 Å². The number of aliphatic imine (C=N–C) groups is 1. The summed E-state index contributed by atoms with van der Waals surface area (Å²) in [5, 5.41) is 18.2. The lowest BCUT2D eigenvalue weighted by Crippen LogP contribution is -2.61. The molecule has 1 aromatic carbocycles. The maximum atomic E-state index is 14.1. The van der Waals surface area contributed by atoms with Gasteiger partial charge in [0.2, 0.25) is 53.2 Å². The molecule has 0 aliphatic carbocycles. The second-order valence-corrected chi connectivity index (χ2v) is 17.9. The summed E-state index contributed by atoms with van der Waals surface area (Å²) in [7, 11) is 0. The minimum atomic E-state index is -1.67. The molecule has 1 aromatic heterocycles. The molecule has 0 aliphatic rings. The van der Waals surface area contributed by atoms with Crippen LogP contribution in [0.4, 0.5) is 0 Å². The number of H-pyrrole nitrogens is 1. The highest BCUT2D eigenvalue weighted by atomic mass is 16.2. The lowest BCUT2D eigenvalue weighted by atomic mass is 9.95. The minimum Gasteiger partial charge on any atom is -0.370 e. The van der Waals surface area contributed by atoms with E-state index in [2.05, 4.69) is 52.2 Å². The molecule has 0 fully saturated rings. The summed E-state index contributed by atoms with van der Waals surface area (Å²) in [6.45, 7) is 8.81. The van der Waals surface area contributed by atoms with E-state index in [1.165, 1.54) is 19.4 Å². The number of rotatable bonds is 33. The second kappa shape index (κ2) is 31.2. The number of nitrogens with zero attached hydrogens (tertiary/aromatic N) is 2. The largest absolute Gasteiger partial charge is 0.370 e. The highest BCUT2D eigenvalue weighted by Gasteiger charge is 2.36. The van der Waals surface area contributed by atoms with Gasteiger partial charge in [-0.1, -0.05) is 64.4 Å². The molecule has 25 heteroatoms. The van der Waals surface area contributed by atoms with Crippen molar-refractivity contribution >= 4 is 59.1 Å². The van der Waals surface area contributed by atoms with E-state index < -0.39 is 114 Å². The van der Waals surface area contributed by atoms with Crippen LogP contribution in [0.1, 0.15) is 97.2 Å². The smallest absolute Gasteiger partial charge is 0.243 e. The number of hydrogen-bond donors (Lipinski definition) is 14. The van der Waals surface area contributed by atoms with E-state index in [4.69, 9.17) is 34.4 Å². The SMILES string of the molecule is CC[C@H](C)[C@H](NC(=O)[C@H](CC(C)C)NC(=O)[C@H](CC(N)=O)NC(=O)[C@H](CCCN=C(N)N)NC(=O)[C@H](CCCCN)NC(=O)[C@H](C)NC(=O)[C@@H](N)Cc1cnc[nH]1)C(=O)N[C@@H](Cc1ccccc1)C(N)=O. The number of nitrogens with one attached hydrogen (secondary N) is 8. The molecule has 0 saturated carbocycles. The monoisotopic (exact) mass is 997 g/mol. The molecule has 1 heterocycles. The standard InChI is InChI=1S/C46H76N16O9/c1-6-26(4)37(45(71)59-33(38(50)64)20-28-13-8-7-9-14-28)62-44(70)34(19-25(2)3)60-43(69)35(22-36(49)63)61-42(68)32(16-12-18-54-46(51)52)58-41(67)31(15-10-11-17-47)57-39(65)27(5)56-40(66)30(48)21-29-23-53-24-55-29/h7-9,13-14,23-27,30-35,37H,6,10-12,15-22,47-48H2,1-5H3,(H2,49,63)(H2,50,64)(H,53,55)(H,56,66)(H,57,65)(H,58,67)(H,59,71)(H,60,69)(H,61,68)(H,62,70)(H4,51,52,54)/t26-,27-,30-,31-,32-,33-,34-,35-,37-/m0/s1. The summed E-state index contributed by atoms with van der Waals surface area (Å²) in [4.78, 5) is 132. The summed E-state index contributed by atoms with van der Waals surface area (Å²) in [5.74, 6) is -8.24. The van der Waals surface area contributed by atoms with Crippen molar-refractivity contribution in [2.75, 3.05) is 13.1 Å². The Bertz CT molecular complexity index is 2080. The number of primary amides is 2. The van der Waals surface area contributed by atoms with Crippen LogP contribution in [-0.2, 0) is 56.0 Å². The number of aromatic nitrogens is 2. The van der Waals surface area contributed by atoms with Crippen LogP contribution in [0.3, 0.4) is 0 Å². The third-order valence-electron chi connectivity index (χ3n) is 11.4. The Kier molecular flexibility index (Phi) is 26.3. The number of imidazole rings is 1. The number of carbonyl (C=O) groups excluding carboxylic acids is 9. The fourth-order valence-electron chi connectivity index (χ4n) is 7.16. The zero-order chi connectivity index (χ0) is 53.2. The van der Waals surface area contributed by atoms with Crippen molar-refractivity contribution in [1.29, 1.82) is 0 Å². The van der Waals surface area contributed by atoms with Crippen LogP contribution in [0.25, 0.3) is 0 Å². The van der Waals surface area contributed by atoms with E-state index in [0.29, 0.717) is 25.0 Å². The van der Waals surface area contributed by atoms with Crippen LogP contribution in [0.5, 0.6) is 0 Å². The van der Waals surface area contributed by atoms with E-state index in [-0.39, 0.29) is 63.5 Å². The number of carbonyl (C=O) groups is 9. The molecule has 9 amide bonds. The van der Waals surface area contributed by atoms with Gasteiger partial charge >= 0.3 is 0 Å². The molecule has 25 nitrogen and oxygen atoms in total. The maximum Gasteiger partial charge on any atom is 0.243 e. The van der Waals surface area contributed by atoms with Gasteiger partial charge in [-0.05, 0) is 69.4 Å². The molecule has 2 aromatic rings. The zero-order valence-electron chi connectivity index (χ0n) is 41.3. The van der Waals surface area contributed by atoms with E-state index >= 15 is 0 Å². The average Bonchev–Trinajstić information content (AvgIpc) is 3.83. The molecule has 9 atom stereocenters. The van der Waals surface area contributed by atoms with Crippen molar-refractivity contribution in [3.8, 4) is 0 Å². The number of amides is 9. The predicted octanol–water partition coefficient (Wildman–Crippen LogP) is -3.43. The molecule has 394 valence electrons. The molecule has 0 saturated heterocycles. The first-order chi connectivity index (χ1) is 33.6. The quantitative estimate of drug-likeness (QED) is 0.0188. The summed E-state index contributed by atoms with van der Waals surface area (Å²) >= 11 is 0. The van der Waals surface area contributed by atoms with Gasteiger partial charge in [0, 0.05) is 31.3 Å². The molecule has 0 radical (unpaired) electrons. The number of unbranched alkanes of at least 4 members (excludes halogenated alkanes) is 1. The fourth-order valence-corrected chi connectivity index (χ4v) is 7.16. The normalized spacial score (nSPS) is 14.9. The van der Waals surface area contributed by atoms with E-state index in [9.17, 15) is 43.2 Å². The maximum absolute atomic E-state index is 14.1. The molecule has 0 unspecified atom stereocenters. The second-order valence-electron chi connectivity index (χ2n) is 17.9. The van der Waals surface area contributed by atoms with Crippen molar-refractivity contribution in [2.45, 2.75) is 147 Å². The lowest BCUT2D eigenvalue weighted by Gasteiger charge is -2.29. The third-order valence-corrected chi connectivity index (χ3v) is 11.4. The summed E-state index contributed by atoms with van der Waals surface area (Å²) in [6.07, 6.45) is 3.84.